The number of hydrogen-bond acceptors (Lipinski definition) is 7. The van der Waals surface area contributed by atoms with Gasteiger partial charge in [-0.2, -0.15) is 5.10 Å². The fourth-order valence-electron chi connectivity index (χ4n) is 4.43. The fourth-order valence-corrected chi connectivity index (χ4v) is 4.43. The molecule has 0 radical (unpaired) electrons. The number of primary amides is 1. The zero-order chi connectivity index (χ0) is 24.5. The molecule has 0 unspecified atom stereocenters. The normalized spacial score (nSPS) is 17.9. The Morgan fingerprint density at radius 3 is 2.51 bits per heavy atom. The number of halogens is 2. The number of nitrogens with two attached hydrogens (primary N) is 2. The van der Waals surface area contributed by atoms with Crippen LogP contribution in [0.3, 0.4) is 0 Å². The Kier molecular flexibility index (Phi) is 5.89. The number of amides is 1. The molecule has 1 amide bonds. The number of benzene rings is 2. The zero-order valence-corrected chi connectivity index (χ0v) is 18.5. The van der Waals surface area contributed by atoms with Gasteiger partial charge in [0.2, 0.25) is 0 Å². The molecule has 2 heterocycles. The van der Waals surface area contributed by atoms with Crippen LogP contribution in [0, 0.1) is 11.6 Å². The molecule has 4 aromatic rings. The molecule has 2 aromatic carbocycles. The predicted octanol–water partition coefficient (Wildman–Crippen LogP) is 4.73. The summed E-state index contributed by atoms with van der Waals surface area (Å²) in [5.41, 5.74) is 12.3. The minimum absolute atomic E-state index is 0.0491. The second-order valence-electron chi connectivity index (χ2n) is 8.32. The molecule has 0 aliphatic heterocycles. The SMILES string of the molecule is NC(=O)OC1CCC(n2nc(-c3ccc(Oc4cccc(F)c4)cc3F)c3c(N)ncnc32)CC1. The van der Waals surface area contributed by atoms with Crippen LogP contribution in [-0.4, -0.2) is 31.9 Å². The molecule has 0 spiro atoms. The van der Waals surface area contributed by atoms with Gasteiger partial charge in [-0.25, -0.2) is 28.2 Å². The van der Waals surface area contributed by atoms with Crippen molar-refractivity contribution < 1.29 is 23.0 Å². The van der Waals surface area contributed by atoms with Crippen molar-refractivity contribution in [1.82, 2.24) is 19.7 Å². The number of fused-ring (bicyclic) bond motifs is 1. The van der Waals surface area contributed by atoms with Crippen LogP contribution in [0.1, 0.15) is 31.7 Å². The van der Waals surface area contributed by atoms with Crippen LogP contribution in [0.15, 0.2) is 48.8 Å². The Hall–Kier alpha value is -4.28. The largest absolute Gasteiger partial charge is 0.457 e. The van der Waals surface area contributed by atoms with Crippen LogP contribution in [0.25, 0.3) is 22.3 Å². The lowest BCUT2D eigenvalue weighted by atomic mass is 9.93. The molecule has 0 saturated heterocycles. The number of carbonyl (C=O) groups is 1. The number of aromatic nitrogens is 4. The van der Waals surface area contributed by atoms with Gasteiger partial charge in [0.15, 0.2) is 5.65 Å². The van der Waals surface area contributed by atoms with E-state index in [-0.39, 0.29) is 35.0 Å². The van der Waals surface area contributed by atoms with E-state index < -0.39 is 17.7 Å². The van der Waals surface area contributed by atoms with Crippen LogP contribution >= 0.6 is 0 Å². The van der Waals surface area contributed by atoms with Gasteiger partial charge in [-0.15, -0.1) is 0 Å². The molecule has 0 bridgehead atoms. The highest BCUT2D eigenvalue weighted by Gasteiger charge is 2.29. The summed E-state index contributed by atoms with van der Waals surface area (Å²) in [7, 11) is 0. The maximum absolute atomic E-state index is 15.3. The summed E-state index contributed by atoms with van der Waals surface area (Å²) in [6, 6.07) is 9.84. The number of carbonyl (C=O) groups excluding carboxylic acids is 1. The second-order valence-corrected chi connectivity index (χ2v) is 8.32. The lowest BCUT2D eigenvalue weighted by Gasteiger charge is -2.28. The molecule has 2 aromatic heterocycles. The Bertz CT molecular complexity index is 1400. The van der Waals surface area contributed by atoms with Crippen molar-refractivity contribution in [2.24, 2.45) is 5.73 Å². The predicted molar refractivity (Wildman–Crippen MR) is 124 cm³/mol. The van der Waals surface area contributed by atoms with Gasteiger partial charge < -0.3 is 20.9 Å². The molecule has 9 nitrogen and oxygen atoms in total. The molecule has 180 valence electrons. The van der Waals surface area contributed by atoms with E-state index in [1.54, 1.807) is 16.8 Å². The average molecular weight is 480 g/mol. The summed E-state index contributed by atoms with van der Waals surface area (Å²) in [6.07, 6.45) is 2.88. The third-order valence-corrected chi connectivity index (χ3v) is 6.02. The fraction of sp³-hybridized carbons (Fsp3) is 0.250. The topological polar surface area (TPSA) is 131 Å². The van der Waals surface area contributed by atoms with Crippen molar-refractivity contribution in [1.29, 1.82) is 0 Å². The van der Waals surface area contributed by atoms with Gasteiger partial charge in [0.25, 0.3) is 0 Å². The molecule has 0 atom stereocenters. The zero-order valence-electron chi connectivity index (χ0n) is 18.5. The maximum Gasteiger partial charge on any atom is 0.404 e. The van der Waals surface area contributed by atoms with Crippen molar-refractivity contribution in [3.8, 4) is 22.8 Å². The number of nitrogen functional groups attached to an aromatic ring is 1. The molecule has 1 fully saturated rings. The van der Waals surface area contributed by atoms with Gasteiger partial charge in [-0.1, -0.05) is 6.07 Å². The first-order chi connectivity index (χ1) is 16.9. The highest BCUT2D eigenvalue weighted by atomic mass is 19.1. The third kappa shape index (κ3) is 4.57. The second kappa shape index (κ2) is 9.16. The van der Waals surface area contributed by atoms with Gasteiger partial charge in [-0.05, 0) is 49.9 Å². The smallest absolute Gasteiger partial charge is 0.404 e. The van der Waals surface area contributed by atoms with E-state index in [9.17, 15) is 9.18 Å². The van der Waals surface area contributed by atoms with Crippen LogP contribution in [0.4, 0.5) is 19.4 Å². The summed E-state index contributed by atoms with van der Waals surface area (Å²) in [5.74, 6) is -0.408. The van der Waals surface area contributed by atoms with E-state index in [2.05, 4.69) is 15.1 Å². The van der Waals surface area contributed by atoms with E-state index in [4.69, 9.17) is 20.9 Å². The van der Waals surface area contributed by atoms with Crippen molar-refractivity contribution in [3.63, 3.8) is 0 Å². The van der Waals surface area contributed by atoms with E-state index >= 15 is 4.39 Å². The van der Waals surface area contributed by atoms with Crippen molar-refractivity contribution in [3.05, 3.63) is 60.4 Å². The number of rotatable bonds is 5. The average Bonchev–Trinajstić information content (AvgIpc) is 3.20. The van der Waals surface area contributed by atoms with Gasteiger partial charge >= 0.3 is 6.09 Å². The van der Waals surface area contributed by atoms with E-state index in [1.807, 2.05) is 0 Å². The van der Waals surface area contributed by atoms with E-state index in [0.717, 1.165) is 0 Å². The van der Waals surface area contributed by atoms with Gasteiger partial charge in [0, 0.05) is 17.7 Å². The minimum Gasteiger partial charge on any atom is -0.457 e. The highest BCUT2D eigenvalue weighted by Crippen LogP contribution is 2.38. The van der Waals surface area contributed by atoms with Gasteiger partial charge in [0.1, 0.15) is 47.1 Å². The van der Waals surface area contributed by atoms with E-state index in [1.165, 1.54) is 36.7 Å². The Morgan fingerprint density at radius 2 is 1.80 bits per heavy atom. The molecule has 5 rings (SSSR count). The van der Waals surface area contributed by atoms with Crippen molar-refractivity contribution in [2.45, 2.75) is 37.8 Å². The third-order valence-electron chi connectivity index (χ3n) is 6.02. The quantitative estimate of drug-likeness (QED) is 0.422. The molecular weight excluding hydrogens is 458 g/mol. The number of nitrogens with zero attached hydrogens (tertiary/aromatic N) is 4. The Balaban J connectivity index is 1.47. The summed E-state index contributed by atoms with van der Waals surface area (Å²) < 4.78 is 41.1. The Labute approximate surface area is 198 Å². The van der Waals surface area contributed by atoms with Crippen LogP contribution < -0.4 is 16.2 Å². The number of anilines is 1. The van der Waals surface area contributed by atoms with Gasteiger partial charge in [-0.3, -0.25) is 0 Å². The summed E-state index contributed by atoms with van der Waals surface area (Å²) >= 11 is 0. The number of ether oxygens (including phenoxy) is 2. The maximum atomic E-state index is 15.3. The molecule has 1 aliphatic carbocycles. The molecular formula is C24H22F2N6O3. The van der Waals surface area contributed by atoms with Gasteiger partial charge in [0.05, 0.1) is 11.4 Å². The molecule has 11 heteroatoms. The first kappa shape index (κ1) is 22.5. The molecule has 1 aliphatic rings. The summed E-state index contributed by atoms with van der Waals surface area (Å²) in [4.78, 5) is 19.5. The standard InChI is InChI=1S/C24H22F2N6O3/c25-13-2-1-3-16(10-13)34-17-8-9-18(19(26)11-17)21-20-22(27)29-12-30-23(20)32(31-21)14-4-6-15(7-5-14)35-24(28)33/h1-3,8-12,14-15H,4-7H2,(H2,28,33)(H2,27,29,30). The Morgan fingerprint density at radius 1 is 1.03 bits per heavy atom. The lowest BCUT2D eigenvalue weighted by molar-refractivity contribution is 0.0714. The number of hydrogen-bond donors (Lipinski definition) is 2. The lowest BCUT2D eigenvalue weighted by Crippen LogP contribution is -2.28. The first-order valence-corrected chi connectivity index (χ1v) is 11.1. The van der Waals surface area contributed by atoms with Crippen LogP contribution in [0.5, 0.6) is 11.5 Å². The summed E-state index contributed by atoms with van der Waals surface area (Å²) in [6.45, 7) is 0. The molecule has 35 heavy (non-hydrogen) atoms. The minimum atomic E-state index is -0.791. The summed E-state index contributed by atoms with van der Waals surface area (Å²) in [5, 5.41) is 5.13. The monoisotopic (exact) mass is 480 g/mol. The first-order valence-electron chi connectivity index (χ1n) is 11.1. The van der Waals surface area contributed by atoms with E-state index in [0.29, 0.717) is 42.4 Å². The van der Waals surface area contributed by atoms with Crippen LogP contribution in [0.2, 0.25) is 0 Å². The molecule has 4 N–H and O–H groups in total. The van der Waals surface area contributed by atoms with Crippen molar-refractivity contribution in [2.75, 3.05) is 5.73 Å². The van der Waals surface area contributed by atoms with Crippen LogP contribution in [-0.2, 0) is 4.74 Å². The highest BCUT2D eigenvalue weighted by molar-refractivity contribution is 5.98. The molecule has 1 saturated carbocycles. The van der Waals surface area contributed by atoms with Crippen molar-refractivity contribution >= 4 is 22.9 Å².